The number of para-hydroxylation sites is 1. The average molecular weight is 351 g/mol. The van der Waals surface area contributed by atoms with Crippen molar-refractivity contribution in [2.24, 2.45) is 0 Å². The van der Waals surface area contributed by atoms with Crippen molar-refractivity contribution in [3.05, 3.63) is 53.0 Å². The molecule has 0 unspecified atom stereocenters. The molecule has 3 aromatic rings. The van der Waals surface area contributed by atoms with E-state index in [9.17, 15) is 4.79 Å². The molecular formula is C20H21N3OS. The van der Waals surface area contributed by atoms with Crippen LogP contribution >= 0.6 is 11.3 Å². The fraction of sp³-hybridized carbons (Fsp3) is 0.300. The van der Waals surface area contributed by atoms with Crippen molar-refractivity contribution in [2.75, 3.05) is 10.2 Å². The fourth-order valence-electron chi connectivity index (χ4n) is 3.55. The number of hydrogen-bond donors (Lipinski definition) is 1. The van der Waals surface area contributed by atoms with Crippen molar-refractivity contribution in [2.45, 2.75) is 39.3 Å². The zero-order valence-electron chi connectivity index (χ0n) is 14.6. The van der Waals surface area contributed by atoms with E-state index in [-0.39, 0.29) is 18.0 Å². The second kappa shape index (κ2) is 6.15. The molecule has 1 aliphatic heterocycles. The van der Waals surface area contributed by atoms with E-state index in [4.69, 9.17) is 0 Å². The number of fused-ring (bicyclic) bond motifs is 2. The number of carbonyl (C=O) groups is 1. The van der Waals surface area contributed by atoms with Crippen LogP contribution in [0.3, 0.4) is 0 Å². The summed E-state index contributed by atoms with van der Waals surface area (Å²) in [5.74, 6) is 0.109. The zero-order valence-corrected chi connectivity index (χ0v) is 15.4. The van der Waals surface area contributed by atoms with Gasteiger partial charge in [0.2, 0.25) is 5.91 Å². The second-order valence-electron chi connectivity index (χ2n) is 6.67. The van der Waals surface area contributed by atoms with Crippen molar-refractivity contribution in [3.8, 4) is 0 Å². The average Bonchev–Trinajstić information content (AvgIpc) is 3.11. The first-order valence-electron chi connectivity index (χ1n) is 8.57. The number of aromatic nitrogens is 1. The molecule has 0 bridgehead atoms. The monoisotopic (exact) mass is 351 g/mol. The van der Waals surface area contributed by atoms with Gasteiger partial charge in [-0.25, -0.2) is 4.98 Å². The molecule has 0 spiro atoms. The Hall–Kier alpha value is -2.40. The molecule has 4 rings (SSSR count). The number of nitrogens with zero attached hydrogens (tertiary/aromatic N) is 2. The number of carbonyl (C=O) groups excluding carboxylic acids is 1. The predicted molar refractivity (Wildman–Crippen MR) is 105 cm³/mol. The summed E-state index contributed by atoms with van der Waals surface area (Å²) in [6, 6.07) is 14.2. The van der Waals surface area contributed by atoms with Crippen molar-refractivity contribution >= 4 is 38.8 Å². The van der Waals surface area contributed by atoms with Gasteiger partial charge in [0.15, 0.2) is 0 Å². The van der Waals surface area contributed by atoms with Crippen LogP contribution in [0.15, 0.2) is 42.5 Å². The molecule has 1 aromatic heterocycles. The fourth-order valence-corrected chi connectivity index (χ4v) is 4.42. The molecule has 1 amide bonds. The zero-order chi connectivity index (χ0) is 17.6. The van der Waals surface area contributed by atoms with Crippen molar-refractivity contribution in [3.63, 3.8) is 0 Å². The summed E-state index contributed by atoms with van der Waals surface area (Å²) >= 11 is 1.67. The third kappa shape index (κ3) is 2.89. The molecule has 2 heterocycles. The van der Waals surface area contributed by atoms with Gasteiger partial charge in [0.25, 0.3) is 0 Å². The summed E-state index contributed by atoms with van der Waals surface area (Å²) in [7, 11) is 0. The second-order valence-corrected chi connectivity index (χ2v) is 7.91. The lowest BCUT2D eigenvalue weighted by molar-refractivity contribution is -0.119. The number of hydrogen-bond acceptors (Lipinski definition) is 4. The maximum atomic E-state index is 13.0. The van der Waals surface area contributed by atoms with Crippen LogP contribution < -0.4 is 10.2 Å². The number of aryl methyl sites for hydroxylation is 1. The third-order valence-electron chi connectivity index (χ3n) is 4.69. The topological polar surface area (TPSA) is 45.2 Å². The Morgan fingerprint density at radius 2 is 2.12 bits per heavy atom. The third-order valence-corrected chi connectivity index (χ3v) is 5.63. The quantitative estimate of drug-likeness (QED) is 0.761. The number of thiazole rings is 1. The largest absolute Gasteiger partial charge is 0.374 e. The van der Waals surface area contributed by atoms with Crippen LogP contribution in [-0.2, 0) is 11.2 Å². The molecule has 25 heavy (non-hydrogen) atoms. The number of anilines is 2. The van der Waals surface area contributed by atoms with Crippen LogP contribution in [-0.4, -0.2) is 23.0 Å². The van der Waals surface area contributed by atoms with Gasteiger partial charge in [0.05, 0.1) is 15.2 Å². The Kier molecular flexibility index (Phi) is 3.96. The van der Waals surface area contributed by atoms with Gasteiger partial charge in [-0.15, -0.1) is 11.3 Å². The van der Waals surface area contributed by atoms with E-state index in [1.807, 2.05) is 49.1 Å². The van der Waals surface area contributed by atoms with E-state index >= 15 is 0 Å². The van der Waals surface area contributed by atoms with E-state index in [0.29, 0.717) is 0 Å². The number of nitrogens with one attached hydrogen (secondary N) is 1. The van der Waals surface area contributed by atoms with E-state index in [1.165, 1.54) is 5.56 Å². The van der Waals surface area contributed by atoms with Crippen molar-refractivity contribution in [1.29, 1.82) is 0 Å². The number of rotatable bonds is 3. The maximum absolute atomic E-state index is 13.0. The molecule has 2 atom stereocenters. The minimum Gasteiger partial charge on any atom is -0.374 e. The van der Waals surface area contributed by atoms with Crippen LogP contribution in [0.5, 0.6) is 0 Å². The highest BCUT2D eigenvalue weighted by molar-refractivity contribution is 7.18. The van der Waals surface area contributed by atoms with Crippen LogP contribution in [0.1, 0.15) is 24.4 Å². The van der Waals surface area contributed by atoms with Crippen LogP contribution in [0.2, 0.25) is 0 Å². The Labute approximate surface area is 151 Å². The molecule has 0 saturated carbocycles. The Morgan fingerprint density at radius 1 is 1.32 bits per heavy atom. The maximum Gasteiger partial charge on any atom is 0.249 e. The molecule has 0 fully saturated rings. The van der Waals surface area contributed by atoms with Crippen LogP contribution in [0.25, 0.3) is 10.2 Å². The number of benzene rings is 2. The van der Waals surface area contributed by atoms with Gasteiger partial charge in [-0.2, -0.15) is 0 Å². The Balaban J connectivity index is 1.55. The van der Waals surface area contributed by atoms with Crippen LogP contribution in [0, 0.1) is 6.92 Å². The van der Waals surface area contributed by atoms with Crippen molar-refractivity contribution in [1.82, 2.24) is 4.98 Å². The van der Waals surface area contributed by atoms with Gasteiger partial charge < -0.3 is 10.2 Å². The summed E-state index contributed by atoms with van der Waals surface area (Å²) in [5, 5.41) is 4.41. The van der Waals surface area contributed by atoms with Gasteiger partial charge >= 0.3 is 0 Å². The lowest BCUT2D eigenvalue weighted by Gasteiger charge is -2.27. The molecule has 0 aliphatic carbocycles. The Bertz CT molecular complexity index is 949. The molecule has 5 heteroatoms. The summed E-state index contributed by atoms with van der Waals surface area (Å²) in [4.78, 5) is 19.5. The predicted octanol–water partition coefficient (Wildman–Crippen LogP) is 4.38. The molecular weight excluding hydrogens is 330 g/mol. The van der Waals surface area contributed by atoms with Gasteiger partial charge in [0.1, 0.15) is 6.04 Å². The first-order valence-corrected chi connectivity index (χ1v) is 9.39. The summed E-state index contributed by atoms with van der Waals surface area (Å²) < 4.78 is 1.14. The SMILES string of the molecule is Cc1nc2ccc(N[C@@H](C)C(=O)N3c4ccccc4C[C@@H]3C)cc2s1. The summed E-state index contributed by atoms with van der Waals surface area (Å²) in [5.41, 5.74) is 4.26. The first kappa shape index (κ1) is 16.1. The molecule has 1 N–H and O–H groups in total. The minimum atomic E-state index is -0.292. The van der Waals surface area contributed by atoms with Crippen molar-refractivity contribution < 1.29 is 4.79 Å². The standard InChI is InChI=1S/C20H21N3OS/c1-12-10-15-6-4-5-7-18(15)23(12)20(24)13(2)21-16-8-9-17-19(11-16)25-14(3)22-17/h4-9,11-13,21H,10H2,1-3H3/t12-,13-/m0/s1. The van der Waals surface area contributed by atoms with E-state index < -0.39 is 0 Å². The highest BCUT2D eigenvalue weighted by Gasteiger charge is 2.32. The summed E-state index contributed by atoms with van der Waals surface area (Å²) in [6.07, 6.45) is 0.917. The normalized spacial score (nSPS) is 17.6. The smallest absolute Gasteiger partial charge is 0.249 e. The van der Waals surface area contributed by atoms with Gasteiger partial charge in [0, 0.05) is 17.4 Å². The molecule has 1 aliphatic rings. The van der Waals surface area contributed by atoms with Gasteiger partial charge in [-0.3, -0.25) is 4.79 Å². The molecule has 4 nitrogen and oxygen atoms in total. The lowest BCUT2D eigenvalue weighted by atomic mass is 10.1. The highest BCUT2D eigenvalue weighted by Crippen LogP contribution is 2.32. The molecule has 128 valence electrons. The van der Waals surface area contributed by atoms with E-state index in [1.54, 1.807) is 11.3 Å². The van der Waals surface area contributed by atoms with E-state index in [2.05, 4.69) is 29.4 Å². The van der Waals surface area contributed by atoms with Gasteiger partial charge in [-0.05, 0) is 57.0 Å². The molecule has 2 aromatic carbocycles. The van der Waals surface area contributed by atoms with Gasteiger partial charge in [-0.1, -0.05) is 18.2 Å². The summed E-state index contributed by atoms with van der Waals surface area (Å²) in [6.45, 7) is 6.05. The van der Waals surface area contributed by atoms with E-state index in [0.717, 1.165) is 33.0 Å². The number of amides is 1. The minimum absolute atomic E-state index is 0.109. The lowest BCUT2D eigenvalue weighted by Crippen LogP contribution is -2.44. The molecule has 0 saturated heterocycles. The Morgan fingerprint density at radius 3 is 2.96 bits per heavy atom. The first-order chi connectivity index (χ1) is 12.0. The van der Waals surface area contributed by atoms with Crippen LogP contribution in [0.4, 0.5) is 11.4 Å². The molecule has 0 radical (unpaired) electrons. The highest BCUT2D eigenvalue weighted by atomic mass is 32.1.